The van der Waals surface area contributed by atoms with Crippen LogP contribution in [0.3, 0.4) is 0 Å². The molecule has 0 fully saturated rings. The fourth-order valence-electron chi connectivity index (χ4n) is 3.97. The highest BCUT2D eigenvalue weighted by Crippen LogP contribution is 2.23. The Hall–Kier alpha value is -3.31. The molecule has 1 aliphatic heterocycles. The predicted molar refractivity (Wildman–Crippen MR) is 109 cm³/mol. The molecule has 28 heavy (non-hydrogen) atoms. The Labute approximate surface area is 162 Å². The van der Waals surface area contributed by atoms with E-state index < -0.39 is 0 Å². The molecular formula is C23H20N4O. The van der Waals surface area contributed by atoms with E-state index in [0.29, 0.717) is 11.8 Å². The Morgan fingerprint density at radius 2 is 1.79 bits per heavy atom. The quantitative estimate of drug-likeness (QED) is 0.600. The van der Waals surface area contributed by atoms with Gasteiger partial charge in [-0.25, -0.2) is 5.10 Å². The van der Waals surface area contributed by atoms with Gasteiger partial charge in [0.25, 0.3) is 5.56 Å². The van der Waals surface area contributed by atoms with E-state index in [0.717, 1.165) is 30.7 Å². The van der Waals surface area contributed by atoms with E-state index in [2.05, 4.69) is 50.4 Å². The van der Waals surface area contributed by atoms with Crippen LogP contribution in [0.15, 0.2) is 71.7 Å². The van der Waals surface area contributed by atoms with Crippen molar-refractivity contribution in [1.82, 2.24) is 20.1 Å². The Morgan fingerprint density at radius 1 is 0.929 bits per heavy atom. The molecule has 0 saturated heterocycles. The van der Waals surface area contributed by atoms with Gasteiger partial charge in [-0.3, -0.25) is 14.7 Å². The highest BCUT2D eigenvalue weighted by atomic mass is 16.1. The van der Waals surface area contributed by atoms with Crippen LogP contribution in [-0.4, -0.2) is 20.1 Å². The Morgan fingerprint density at radius 3 is 2.68 bits per heavy atom. The molecule has 2 aromatic heterocycles. The largest absolute Gasteiger partial charge is 0.289 e. The fourth-order valence-corrected chi connectivity index (χ4v) is 3.97. The van der Waals surface area contributed by atoms with Crippen LogP contribution >= 0.6 is 0 Å². The van der Waals surface area contributed by atoms with Gasteiger partial charge >= 0.3 is 0 Å². The lowest BCUT2D eigenvalue weighted by Crippen LogP contribution is -2.16. The smallest absolute Gasteiger partial charge is 0.272 e. The standard InChI is InChI=1S/C23H20N4O/c28-23-20-9-2-1-8-19(20)21(25-26-23)12-16-5-3-6-17(11-16)13-27-14-18-7-4-10-24-22(18)15-27/h1-11H,12-15H2,(H,26,28). The Balaban J connectivity index is 1.37. The first kappa shape index (κ1) is 16.8. The molecule has 2 aromatic carbocycles. The van der Waals surface area contributed by atoms with Crippen LogP contribution in [0.2, 0.25) is 0 Å². The number of aromatic amines is 1. The maximum atomic E-state index is 12.0. The number of rotatable bonds is 4. The molecule has 5 rings (SSSR count). The van der Waals surface area contributed by atoms with Crippen LogP contribution in [0.4, 0.5) is 0 Å². The molecule has 0 unspecified atom stereocenters. The van der Waals surface area contributed by atoms with Gasteiger partial charge in [-0.1, -0.05) is 48.5 Å². The zero-order chi connectivity index (χ0) is 18.9. The first-order chi connectivity index (χ1) is 13.8. The molecule has 1 aliphatic rings. The number of hydrogen-bond acceptors (Lipinski definition) is 4. The van der Waals surface area contributed by atoms with Crippen molar-refractivity contribution in [2.24, 2.45) is 0 Å². The van der Waals surface area contributed by atoms with E-state index in [1.165, 1.54) is 22.4 Å². The fraction of sp³-hybridized carbons (Fsp3) is 0.174. The summed E-state index contributed by atoms with van der Waals surface area (Å²) in [6, 6.07) is 20.4. The highest BCUT2D eigenvalue weighted by Gasteiger charge is 2.19. The summed E-state index contributed by atoms with van der Waals surface area (Å²) in [4.78, 5) is 18.9. The van der Waals surface area contributed by atoms with Gasteiger partial charge in [-0.15, -0.1) is 0 Å². The van der Waals surface area contributed by atoms with Crippen LogP contribution in [-0.2, 0) is 26.1 Å². The van der Waals surface area contributed by atoms with Gasteiger partial charge in [0.05, 0.1) is 16.8 Å². The molecule has 0 atom stereocenters. The number of aromatic nitrogens is 3. The molecule has 0 spiro atoms. The molecule has 3 heterocycles. The molecule has 0 radical (unpaired) electrons. The molecule has 0 aliphatic carbocycles. The lowest BCUT2D eigenvalue weighted by Gasteiger charge is -2.15. The Bertz CT molecular complexity index is 1190. The second-order valence-electron chi connectivity index (χ2n) is 7.30. The van der Waals surface area contributed by atoms with Crippen molar-refractivity contribution < 1.29 is 0 Å². The van der Waals surface area contributed by atoms with Gasteiger partial charge in [0, 0.05) is 37.6 Å². The second kappa shape index (κ2) is 7.02. The second-order valence-corrected chi connectivity index (χ2v) is 7.30. The van der Waals surface area contributed by atoms with Gasteiger partial charge in [0.1, 0.15) is 0 Å². The van der Waals surface area contributed by atoms with Gasteiger partial charge in [0.15, 0.2) is 0 Å². The van der Waals surface area contributed by atoms with Crippen LogP contribution in [0.25, 0.3) is 10.8 Å². The van der Waals surface area contributed by atoms with Crippen molar-refractivity contribution in [3.8, 4) is 0 Å². The summed E-state index contributed by atoms with van der Waals surface area (Å²) in [6.07, 6.45) is 2.55. The lowest BCUT2D eigenvalue weighted by molar-refractivity contribution is 0.274. The average molecular weight is 368 g/mol. The average Bonchev–Trinajstić information content (AvgIpc) is 3.13. The summed E-state index contributed by atoms with van der Waals surface area (Å²) in [5.41, 5.74) is 5.72. The van der Waals surface area contributed by atoms with Crippen LogP contribution in [0.5, 0.6) is 0 Å². The topological polar surface area (TPSA) is 61.9 Å². The zero-order valence-electron chi connectivity index (χ0n) is 15.4. The number of nitrogens with one attached hydrogen (secondary N) is 1. The van der Waals surface area contributed by atoms with E-state index in [9.17, 15) is 4.79 Å². The normalized spacial score (nSPS) is 13.7. The number of nitrogens with zero attached hydrogens (tertiary/aromatic N) is 3. The minimum Gasteiger partial charge on any atom is -0.289 e. The number of hydrogen-bond donors (Lipinski definition) is 1. The van der Waals surface area contributed by atoms with E-state index in [1.807, 2.05) is 36.5 Å². The highest BCUT2D eigenvalue weighted by molar-refractivity contribution is 5.83. The summed E-state index contributed by atoms with van der Waals surface area (Å²) in [5.74, 6) is 0. The Kier molecular flexibility index (Phi) is 4.22. The number of pyridine rings is 1. The van der Waals surface area contributed by atoms with E-state index in [-0.39, 0.29) is 5.56 Å². The van der Waals surface area contributed by atoms with Crippen LogP contribution in [0.1, 0.15) is 28.1 Å². The molecule has 0 saturated carbocycles. The minimum atomic E-state index is -0.143. The zero-order valence-corrected chi connectivity index (χ0v) is 15.4. The maximum Gasteiger partial charge on any atom is 0.272 e. The summed E-state index contributed by atoms with van der Waals surface area (Å²) in [5, 5.41) is 8.53. The van der Waals surface area contributed by atoms with Crippen molar-refractivity contribution in [3.05, 3.63) is 105 Å². The van der Waals surface area contributed by atoms with Crippen molar-refractivity contribution in [3.63, 3.8) is 0 Å². The molecule has 5 heteroatoms. The number of fused-ring (bicyclic) bond motifs is 2. The molecule has 0 bridgehead atoms. The minimum absolute atomic E-state index is 0.143. The first-order valence-corrected chi connectivity index (χ1v) is 9.45. The maximum absolute atomic E-state index is 12.0. The van der Waals surface area contributed by atoms with Crippen molar-refractivity contribution in [1.29, 1.82) is 0 Å². The molecule has 0 amide bonds. The third-order valence-electron chi connectivity index (χ3n) is 5.30. The van der Waals surface area contributed by atoms with Gasteiger partial charge in [-0.2, -0.15) is 5.10 Å². The van der Waals surface area contributed by atoms with E-state index >= 15 is 0 Å². The summed E-state index contributed by atoms with van der Waals surface area (Å²) in [7, 11) is 0. The molecule has 4 aromatic rings. The van der Waals surface area contributed by atoms with Gasteiger partial charge < -0.3 is 0 Å². The first-order valence-electron chi connectivity index (χ1n) is 9.45. The molecule has 5 nitrogen and oxygen atoms in total. The third kappa shape index (κ3) is 3.21. The van der Waals surface area contributed by atoms with Crippen molar-refractivity contribution in [2.75, 3.05) is 0 Å². The SMILES string of the molecule is O=c1[nH]nc(Cc2cccc(CN3Cc4cccnc4C3)c2)c2ccccc12. The molecule has 138 valence electrons. The van der Waals surface area contributed by atoms with Crippen LogP contribution < -0.4 is 5.56 Å². The monoisotopic (exact) mass is 368 g/mol. The lowest BCUT2D eigenvalue weighted by atomic mass is 10.0. The van der Waals surface area contributed by atoms with E-state index in [1.54, 1.807) is 0 Å². The summed E-state index contributed by atoms with van der Waals surface area (Å²) >= 11 is 0. The van der Waals surface area contributed by atoms with Crippen molar-refractivity contribution in [2.45, 2.75) is 26.1 Å². The summed E-state index contributed by atoms with van der Waals surface area (Å²) < 4.78 is 0. The third-order valence-corrected chi connectivity index (χ3v) is 5.30. The van der Waals surface area contributed by atoms with E-state index in [4.69, 9.17) is 0 Å². The van der Waals surface area contributed by atoms with Gasteiger partial charge in [-0.05, 0) is 28.8 Å². The number of benzene rings is 2. The van der Waals surface area contributed by atoms with Gasteiger partial charge in [0.2, 0.25) is 0 Å². The predicted octanol–water partition coefficient (Wildman–Crippen LogP) is 3.42. The summed E-state index contributed by atoms with van der Waals surface area (Å²) in [6.45, 7) is 2.73. The molecule has 1 N–H and O–H groups in total. The number of H-pyrrole nitrogens is 1. The molecular weight excluding hydrogens is 348 g/mol. The van der Waals surface area contributed by atoms with Crippen molar-refractivity contribution >= 4 is 10.8 Å². The van der Waals surface area contributed by atoms with Crippen LogP contribution in [0, 0.1) is 0 Å².